The summed E-state index contributed by atoms with van der Waals surface area (Å²) in [6.07, 6.45) is 1.28. The molecule has 6 nitrogen and oxygen atoms in total. The third-order valence-electron chi connectivity index (χ3n) is 2.76. The molecule has 0 radical (unpaired) electrons. The lowest BCUT2D eigenvalue weighted by Gasteiger charge is -2.07. The van der Waals surface area contributed by atoms with Crippen molar-refractivity contribution in [3.63, 3.8) is 0 Å². The molecule has 2 rings (SSSR count). The van der Waals surface area contributed by atoms with Gasteiger partial charge in [-0.25, -0.2) is 4.39 Å². The Hall–Kier alpha value is -2.54. The maximum atomic E-state index is 13.8. The third kappa shape index (κ3) is 3.32. The SMILES string of the molecule is N/C(=N/O)c1ccc(CNC(=O)c2ccoc2Cl)c(F)c1. The predicted molar refractivity (Wildman–Crippen MR) is 73.8 cm³/mol. The first-order valence-electron chi connectivity index (χ1n) is 5.80. The first-order valence-corrected chi connectivity index (χ1v) is 6.18. The Morgan fingerprint density at radius 2 is 2.24 bits per heavy atom. The zero-order valence-electron chi connectivity index (χ0n) is 10.6. The Balaban J connectivity index is 2.07. The van der Waals surface area contributed by atoms with E-state index in [1.807, 2.05) is 0 Å². The van der Waals surface area contributed by atoms with E-state index >= 15 is 0 Å². The van der Waals surface area contributed by atoms with Crippen LogP contribution in [0.1, 0.15) is 21.5 Å². The number of furan rings is 1. The van der Waals surface area contributed by atoms with Crippen LogP contribution in [0.4, 0.5) is 4.39 Å². The number of nitrogens with one attached hydrogen (secondary N) is 1. The second-order valence-corrected chi connectivity index (χ2v) is 4.43. The average Bonchev–Trinajstić information content (AvgIpc) is 2.91. The first kappa shape index (κ1) is 14.9. The number of carbonyl (C=O) groups is 1. The maximum Gasteiger partial charge on any atom is 0.256 e. The number of rotatable bonds is 4. The summed E-state index contributed by atoms with van der Waals surface area (Å²) >= 11 is 5.67. The van der Waals surface area contributed by atoms with Crippen LogP contribution in [0.2, 0.25) is 5.22 Å². The highest BCUT2D eigenvalue weighted by atomic mass is 35.5. The third-order valence-corrected chi connectivity index (χ3v) is 3.05. The fourth-order valence-corrected chi connectivity index (χ4v) is 1.83. The van der Waals surface area contributed by atoms with Crippen molar-refractivity contribution >= 4 is 23.3 Å². The summed E-state index contributed by atoms with van der Waals surface area (Å²) < 4.78 is 18.6. The number of benzene rings is 1. The van der Waals surface area contributed by atoms with Gasteiger partial charge in [-0.05, 0) is 23.7 Å². The van der Waals surface area contributed by atoms with Crippen LogP contribution in [0.5, 0.6) is 0 Å². The van der Waals surface area contributed by atoms with Gasteiger partial charge >= 0.3 is 0 Å². The van der Waals surface area contributed by atoms with Crippen molar-refractivity contribution in [1.82, 2.24) is 5.32 Å². The van der Waals surface area contributed by atoms with Crippen LogP contribution in [-0.2, 0) is 6.54 Å². The van der Waals surface area contributed by atoms with E-state index in [0.717, 1.165) is 6.07 Å². The van der Waals surface area contributed by atoms with E-state index in [2.05, 4.69) is 10.5 Å². The second-order valence-electron chi connectivity index (χ2n) is 4.08. The van der Waals surface area contributed by atoms with Crippen molar-refractivity contribution in [2.45, 2.75) is 6.54 Å². The molecule has 0 aliphatic carbocycles. The van der Waals surface area contributed by atoms with Crippen molar-refractivity contribution < 1.29 is 18.8 Å². The highest BCUT2D eigenvalue weighted by Gasteiger charge is 2.13. The van der Waals surface area contributed by atoms with Crippen LogP contribution >= 0.6 is 11.6 Å². The molecule has 0 bridgehead atoms. The molecule has 0 atom stereocenters. The summed E-state index contributed by atoms with van der Waals surface area (Å²) in [7, 11) is 0. The molecule has 1 amide bonds. The van der Waals surface area contributed by atoms with Crippen LogP contribution in [0.15, 0.2) is 40.1 Å². The first-order chi connectivity index (χ1) is 10.0. The van der Waals surface area contributed by atoms with Crippen molar-refractivity contribution in [3.05, 3.63) is 58.3 Å². The monoisotopic (exact) mass is 311 g/mol. The van der Waals surface area contributed by atoms with Gasteiger partial charge in [0.15, 0.2) is 5.84 Å². The smallest absolute Gasteiger partial charge is 0.256 e. The maximum absolute atomic E-state index is 13.8. The van der Waals surface area contributed by atoms with E-state index in [-0.39, 0.29) is 34.3 Å². The van der Waals surface area contributed by atoms with Gasteiger partial charge in [0.05, 0.1) is 11.8 Å². The van der Waals surface area contributed by atoms with Gasteiger partial charge in [-0.2, -0.15) is 0 Å². The van der Waals surface area contributed by atoms with Crippen LogP contribution < -0.4 is 11.1 Å². The minimum absolute atomic E-state index is 0.0322. The highest BCUT2D eigenvalue weighted by molar-refractivity contribution is 6.32. The molecule has 110 valence electrons. The summed E-state index contributed by atoms with van der Waals surface area (Å²) in [6.45, 7) is -0.0391. The van der Waals surface area contributed by atoms with Gasteiger partial charge in [0.1, 0.15) is 5.82 Å². The van der Waals surface area contributed by atoms with E-state index in [0.29, 0.717) is 0 Å². The number of nitrogens with zero attached hydrogens (tertiary/aromatic N) is 1. The van der Waals surface area contributed by atoms with Crippen molar-refractivity contribution in [3.8, 4) is 0 Å². The topological polar surface area (TPSA) is 101 Å². The lowest BCUT2D eigenvalue weighted by Crippen LogP contribution is -2.23. The van der Waals surface area contributed by atoms with Gasteiger partial charge in [-0.15, -0.1) is 0 Å². The molecule has 0 unspecified atom stereocenters. The van der Waals surface area contributed by atoms with Crippen molar-refractivity contribution in [1.29, 1.82) is 0 Å². The number of oxime groups is 1. The Morgan fingerprint density at radius 3 is 2.81 bits per heavy atom. The number of amides is 1. The van der Waals surface area contributed by atoms with Crippen LogP contribution in [0, 0.1) is 5.82 Å². The molecule has 0 aliphatic rings. The number of carbonyl (C=O) groups excluding carboxylic acids is 1. The second kappa shape index (κ2) is 6.27. The molecule has 0 saturated carbocycles. The van der Waals surface area contributed by atoms with E-state index in [9.17, 15) is 9.18 Å². The number of nitrogens with two attached hydrogens (primary N) is 1. The Bertz CT molecular complexity index is 700. The van der Waals surface area contributed by atoms with E-state index in [1.165, 1.54) is 24.5 Å². The van der Waals surface area contributed by atoms with Crippen LogP contribution in [0.25, 0.3) is 0 Å². The largest absolute Gasteiger partial charge is 0.452 e. The number of hydrogen-bond acceptors (Lipinski definition) is 4. The lowest BCUT2D eigenvalue weighted by molar-refractivity contribution is 0.0950. The Morgan fingerprint density at radius 1 is 1.48 bits per heavy atom. The summed E-state index contributed by atoms with van der Waals surface area (Å²) in [5.74, 6) is -1.26. The highest BCUT2D eigenvalue weighted by Crippen LogP contribution is 2.17. The van der Waals surface area contributed by atoms with Crippen molar-refractivity contribution in [2.24, 2.45) is 10.9 Å². The number of halogens is 2. The molecule has 4 N–H and O–H groups in total. The van der Waals surface area contributed by atoms with Gasteiger partial charge in [0.2, 0.25) is 5.22 Å². The fraction of sp³-hybridized carbons (Fsp3) is 0.0769. The lowest BCUT2D eigenvalue weighted by atomic mass is 10.1. The quantitative estimate of drug-likeness (QED) is 0.348. The van der Waals surface area contributed by atoms with Gasteiger partial charge in [0.25, 0.3) is 5.91 Å². The Labute approximate surface area is 124 Å². The van der Waals surface area contributed by atoms with Crippen molar-refractivity contribution in [2.75, 3.05) is 0 Å². The zero-order valence-corrected chi connectivity index (χ0v) is 11.4. The van der Waals surface area contributed by atoms with E-state index < -0.39 is 11.7 Å². The molecular formula is C13H11ClFN3O3. The summed E-state index contributed by atoms with van der Waals surface area (Å²) in [5, 5.41) is 13.8. The summed E-state index contributed by atoms with van der Waals surface area (Å²) in [5.41, 5.74) is 6.01. The summed E-state index contributed by atoms with van der Waals surface area (Å²) in [6, 6.07) is 5.43. The molecule has 1 aromatic carbocycles. The van der Waals surface area contributed by atoms with Crippen LogP contribution in [0.3, 0.4) is 0 Å². The standard InChI is InChI=1S/C13H11ClFN3O3/c14-11-9(3-4-21-11)13(19)17-6-8-2-1-7(5-10(8)15)12(16)18-20/h1-5,20H,6H2,(H2,16,18)(H,17,19). The zero-order chi connectivity index (χ0) is 15.4. The molecular weight excluding hydrogens is 301 g/mol. The van der Waals surface area contributed by atoms with Gasteiger partial charge < -0.3 is 20.7 Å². The molecule has 0 saturated heterocycles. The molecule has 0 aliphatic heterocycles. The molecule has 1 heterocycles. The summed E-state index contributed by atoms with van der Waals surface area (Å²) in [4.78, 5) is 11.8. The minimum Gasteiger partial charge on any atom is -0.452 e. The predicted octanol–water partition coefficient (Wildman–Crippen LogP) is 2.10. The molecule has 0 spiro atoms. The molecule has 1 aromatic heterocycles. The average molecular weight is 312 g/mol. The number of amidine groups is 1. The molecule has 2 aromatic rings. The van der Waals surface area contributed by atoms with E-state index in [1.54, 1.807) is 0 Å². The van der Waals surface area contributed by atoms with Crippen LogP contribution in [-0.4, -0.2) is 17.0 Å². The Kier molecular flexibility index (Phi) is 4.44. The molecule has 21 heavy (non-hydrogen) atoms. The fourth-order valence-electron chi connectivity index (χ4n) is 1.63. The van der Waals surface area contributed by atoms with E-state index in [4.69, 9.17) is 27.0 Å². The molecule has 0 fully saturated rings. The molecule has 8 heteroatoms. The van der Waals surface area contributed by atoms with Gasteiger partial charge in [0, 0.05) is 17.7 Å². The van der Waals surface area contributed by atoms with Gasteiger partial charge in [-0.3, -0.25) is 4.79 Å². The minimum atomic E-state index is -0.585. The normalized spacial score (nSPS) is 11.4. The van der Waals surface area contributed by atoms with Gasteiger partial charge in [-0.1, -0.05) is 17.3 Å². The number of hydrogen-bond donors (Lipinski definition) is 3.